The number of allylic oxidation sites excluding steroid dienone is 3. The van der Waals surface area contributed by atoms with Gasteiger partial charge in [-0.2, -0.15) is 0 Å². The Labute approximate surface area is 142 Å². The third kappa shape index (κ3) is 18.9. The highest BCUT2D eigenvalue weighted by Crippen LogP contribution is 2.12. The van der Waals surface area contributed by atoms with Crippen molar-refractivity contribution >= 4 is 5.97 Å². The number of unbranched alkanes of at least 4 members (excludes halogenated alkanes) is 7. The van der Waals surface area contributed by atoms with Gasteiger partial charge in [-0.15, -0.1) is 0 Å². The summed E-state index contributed by atoms with van der Waals surface area (Å²) in [7, 11) is 0. The summed E-state index contributed by atoms with van der Waals surface area (Å²) in [6.45, 7) is 2.18. The Hall–Kier alpha value is -1.09. The van der Waals surface area contributed by atoms with Gasteiger partial charge in [-0.25, -0.2) is 0 Å². The Morgan fingerprint density at radius 3 is 2.17 bits per heavy atom. The van der Waals surface area contributed by atoms with Gasteiger partial charge in [0.1, 0.15) is 0 Å². The Kier molecular flexibility index (Phi) is 16.4. The second-order valence-corrected chi connectivity index (χ2v) is 6.26. The van der Waals surface area contributed by atoms with Crippen LogP contribution in [0.15, 0.2) is 24.3 Å². The molecule has 0 spiro atoms. The number of rotatable bonds is 16. The van der Waals surface area contributed by atoms with E-state index in [1.807, 2.05) is 0 Å². The number of carboxylic acids is 1. The average Bonchev–Trinajstić information content (AvgIpc) is 2.52. The molecule has 0 bridgehead atoms. The normalized spacial score (nSPS) is 13.1. The topological polar surface area (TPSA) is 57.5 Å². The Morgan fingerprint density at radius 1 is 0.913 bits per heavy atom. The number of carboxylic acid groups (broad SMARTS) is 1. The third-order valence-electron chi connectivity index (χ3n) is 3.90. The molecule has 0 heterocycles. The highest BCUT2D eigenvalue weighted by Gasteiger charge is 2.01. The molecule has 2 N–H and O–H groups in total. The first-order chi connectivity index (χ1) is 11.2. The highest BCUT2D eigenvalue weighted by molar-refractivity contribution is 5.66. The minimum atomic E-state index is -0.690. The fraction of sp³-hybridized carbons (Fsp3) is 0.750. The molecule has 3 nitrogen and oxygen atoms in total. The minimum Gasteiger partial charge on any atom is -0.481 e. The van der Waals surface area contributed by atoms with Gasteiger partial charge in [-0.1, -0.05) is 76.2 Å². The summed E-state index contributed by atoms with van der Waals surface area (Å²) in [5.74, 6) is -0.690. The Balaban J connectivity index is 3.31. The van der Waals surface area contributed by atoms with E-state index in [4.69, 9.17) is 5.11 Å². The summed E-state index contributed by atoms with van der Waals surface area (Å²) in [5.41, 5.74) is 0. The van der Waals surface area contributed by atoms with Crippen LogP contribution in [0.3, 0.4) is 0 Å². The zero-order valence-electron chi connectivity index (χ0n) is 14.9. The van der Waals surface area contributed by atoms with Gasteiger partial charge >= 0.3 is 5.97 Å². The van der Waals surface area contributed by atoms with E-state index >= 15 is 0 Å². The largest absolute Gasteiger partial charge is 0.481 e. The van der Waals surface area contributed by atoms with Gasteiger partial charge in [0, 0.05) is 6.42 Å². The number of hydrogen-bond acceptors (Lipinski definition) is 2. The molecule has 0 aliphatic rings. The third-order valence-corrected chi connectivity index (χ3v) is 3.90. The quantitative estimate of drug-likeness (QED) is 0.285. The van der Waals surface area contributed by atoms with Crippen LogP contribution in [0.5, 0.6) is 0 Å². The summed E-state index contributed by atoms with van der Waals surface area (Å²) < 4.78 is 0. The van der Waals surface area contributed by atoms with Crippen molar-refractivity contribution in [3.05, 3.63) is 24.3 Å². The standard InChI is InChI=1S/C20H36O3/c1-2-3-4-5-7-10-13-16-19(21)17-14-11-8-6-9-12-15-18-20(22)23/h4-5,10,13,19,21H,2-3,6-9,11-12,14-18H2,1H3,(H,22,23)/b5-4+,13-10+. The van der Waals surface area contributed by atoms with E-state index in [0.717, 1.165) is 51.4 Å². The van der Waals surface area contributed by atoms with Crippen molar-refractivity contribution in [1.82, 2.24) is 0 Å². The molecule has 0 radical (unpaired) electrons. The molecular weight excluding hydrogens is 288 g/mol. The Morgan fingerprint density at radius 2 is 1.52 bits per heavy atom. The van der Waals surface area contributed by atoms with E-state index in [0.29, 0.717) is 6.42 Å². The molecule has 0 aliphatic heterocycles. The summed E-state index contributed by atoms with van der Waals surface area (Å²) in [6, 6.07) is 0. The molecule has 0 aromatic heterocycles. The van der Waals surface area contributed by atoms with Crippen LogP contribution in [0.25, 0.3) is 0 Å². The van der Waals surface area contributed by atoms with Crippen molar-refractivity contribution in [2.45, 2.75) is 96.5 Å². The van der Waals surface area contributed by atoms with Crippen LogP contribution >= 0.6 is 0 Å². The van der Waals surface area contributed by atoms with E-state index in [9.17, 15) is 9.90 Å². The lowest BCUT2D eigenvalue weighted by Gasteiger charge is -2.07. The molecule has 0 aromatic carbocycles. The second-order valence-electron chi connectivity index (χ2n) is 6.26. The molecule has 0 rings (SSSR count). The molecular formula is C20H36O3. The summed E-state index contributed by atoms with van der Waals surface area (Å²) in [5, 5.41) is 18.4. The van der Waals surface area contributed by atoms with Gasteiger partial charge in [-0.05, 0) is 32.1 Å². The number of hydrogen-bond donors (Lipinski definition) is 2. The van der Waals surface area contributed by atoms with Crippen molar-refractivity contribution in [2.75, 3.05) is 0 Å². The number of carbonyl (C=O) groups is 1. The van der Waals surface area contributed by atoms with Gasteiger partial charge in [0.05, 0.1) is 6.10 Å². The molecule has 0 saturated carbocycles. The minimum absolute atomic E-state index is 0.207. The molecule has 1 atom stereocenters. The number of aliphatic carboxylic acids is 1. The first kappa shape index (κ1) is 21.9. The molecule has 3 heteroatoms. The monoisotopic (exact) mass is 324 g/mol. The van der Waals surface area contributed by atoms with E-state index in [1.54, 1.807) is 0 Å². The molecule has 134 valence electrons. The van der Waals surface area contributed by atoms with Gasteiger partial charge in [0.25, 0.3) is 0 Å². The predicted molar refractivity (Wildman–Crippen MR) is 97.6 cm³/mol. The lowest BCUT2D eigenvalue weighted by Crippen LogP contribution is -2.04. The van der Waals surface area contributed by atoms with E-state index in [2.05, 4.69) is 31.2 Å². The summed E-state index contributed by atoms with van der Waals surface area (Å²) in [4.78, 5) is 10.4. The molecule has 0 aliphatic carbocycles. The van der Waals surface area contributed by atoms with Gasteiger partial charge in [-0.3, -0.25) is 4.79 Å². The van der Waals surface area contributed by atoms with Crippen LogP contribution in [-0.4, -0.2) is 22.3 Å². The van der Waals surface area contributed by atoms with E-state index in [1.165, 1.54) is 25.7 Å². The maximum Gasteiger partial charge on any atom is 0.303 e. The zero-order valence-corrected chi connectivity index (χ0v) is 14.9. The van der Waals surface area contributed by atoms with Crippen LogP contribution in [0.4, 0.5) is 0 Å². The molecule has 0 saturated heterocycles. The number of aliphatic hydroxyl groups is 1. The van der Waals surface area contributed by atoms with Crippen LogP contribution < -0.4 is 0 Å². The van der Waals surface area contributed by atoms with Crippen LogP contribution in [0, 0.1) is 0 Å². The molecule has 1 unspecified atom stereocenters. The number of aliphatic hydroxyl groups excluding tert-OH is 1. The van der Waals surface area contributed by atoms with Crippen molar-refractivity contribution in [3.63, 3.8) is 0 Å². The van der Waals surface area contributed by atoms with Crippen LogP contribution in [0.1, 0.15) is 90.4 Å². The highest BCUT2D eigenvalue weighted by atomic mass is 16.4. The lowest BCUT2D eigenvalue weighted by molar-refractivity contribution is -0.137. The fourth-order valence-corrected chi connectivity index (χ4v) is 2.47. The van der Waals surface area contributed by atoms with Crippen molar-refractivity contribution in [1.29, 1.82) is 0 Å². The van der Waals surface area contributed by atoms with Crippen LogP contribution in [0.2, 0.25) is 0 Å². The summed E-state index contributed by atoms with van der Waals surface area (Å²) >= 11 is 0. The summed E-state index contributed by atoms with van der Waals surface area (Å²) in [6.07, 6.45) is 21.2. The van der Waals surface area contributed by atoms with Crippen molar-refractivity contribution in [2.24, 2.45) is 0 Å². The Bertz CT molecular complexity index is 321. The van der Waals surface area contributed by atoms with E-state index in [-0.39, 0.29) is 6.10 Å². The van der Waals surface area contributed by atoms with E-state index < -0.39 is 5.97 Å². The van der Waals surface area contributed by atoms with Crippen molar-refractivity contribution in [3.8, 4) is 0 Å². The van der Waals surface area contributed by atoms with Gasteiger partial charge in [0.2, 0.25) is 0 Å². The average molecular weight is 325 g/mol. The maximum absolute atomic E-state index is 10.4. The zero-order chi connectivity index (χ0) is 17.2. The smallest absolute Gasteiger partial charge is 0.303 e. The lowest BCUT2D eigenvalue weighted by atomic mass is 10.0. The molecule has 0 aromatic rings. The molecule has 23 heavy (non-hydrogen) atoms. The first-order valence-electron chi connectivity index (χ1n) is 9.36. The maximum atomic E-state index is 10.4. The van der Waals surface area contributed by atoms with Crippen molar-refractivity contribution < 1.29 is 15.0 Å². The molecule has 0 amide bonds. The second kappa shape index (κ2) is 17.3. The molecule has 0 fully saturated rings. The SMILES string of the molecule is CCC/C=C/C/C=C/CC(O)CCCCCCCCCC(=O)O. The van der Waals surface area contributed by atoms with Gasteiger partial charge < -0.3 is 10.2 Å². The first-order valence-corrected chi connectivity index (χ1v) is 9.36. The van der Waals surface area contributed by atoms with Gasteiger partial charge in [0.15, 0.2) is 0 Å². The predicted octanol–water partition coefficient (Wildman–Crippen LogP) is 5.64. The van der Waals surface area contributed by atoms with Crippen LogP contribution in [-0.2, 0) is 4.79 Å². The fourth-order valence-electron chi connectivity index (χ4n) is 2.47.